The van der Waals surface area contributed by atoms with E-state index in [0.717, 1.165) is 6.07 Å². The van der Waals surface area contributed by atoms with E-state index in [9.17, 15) is 22.8 Å². The summed E-state index contributed by atoms with van der Waals surface area (Å²) in [6.45, 7) is 4.03. The van der Waals surface area contributed by atoms with Gasteiger partial charge in [0.1, 0.15) is 5.82 Å². The van der Waals surface area contributed by atoms with Gasteiger partial charge in [-0.25, -0.2) is 4.99 Å². The third-order valence-electron chi connectivity index (χ3n) is 5.56. The van der Waals surface area contributed by atoms with Crippen molar-refractivity contribution in [2.24, 2.45) is 4.99 Å². The minimum Gasteiger partial charge on any atom is -0.378 e. The number of rotatable bonds is 3. The molecule has 30 heavy (non-hydrogen) atoms. The lowest BCUT2D eigenvalue weighted by molar-refractivity contribution is -0.138. The molecule has 0 aromatic heterocycles. The Kier molecular flexibility index (Phi) is 5.40. The van der Waals surface area contributed by atoms with Crippen LogP contribution in [0.4, 0.5) is 18.9 Å². The largest absolute Gasteiger partial charge is 0.416 e. The maximum atomic E-state index is 13.4. The number of nitrogens with zero attached hydrogens (tertiary/aromatic N) is 3. The highest BCUT2D eigenvalue weighted by molar-refractivity contribution is 6.16. The summed E-state index contributed by atoms with van der Waals surface area (Å²) < 4.78 is 45.4. The van der Waals surface area contributed by atoms with E-state index in [-0.39, 0.29) is 42.2 Å². The Morgan fingerprint density at radius 3 is 2.70 bits per heavy atom. The summed E-state index contributed by atoms with van der Waals surface area (Å²) in [7, 11) is 0. The molecule has 9 heteroatoms. The van der Waals surface area contributed by atoms with Crippen LogP contribution in [0.3, 0.4) is 0 Å². The summed E-state index contributed by atoms with van der Waals surface area (Å²) in [4.78, 5) is 33.1. The number of allylic oxidation sites excluding steroid dienone is 1. The Balaban J connectivity index is 1.56. The van der Waals surface area contributed by atoms with Crippen LogP contribution in [0.2, 0.25) is 0 Å². The van der Waals surface area contributed by atoms with Crippen molar-refractivity contribution in [3.8, 4) is 0 Å². The second kappa shape index (κ2) is 7.86. The number of carbonyl (C=O) groups excluding carboxylic acids is 2. The third kappa shape index (κ3) is 3.98. The molecular weight excluding hydrogens is 399 g/mol. The first-order valence-corrected chi connectivity index (χ1v) is 9.89. The molecular formula is C21H22F3N3O3. The summed E-state index contributed by atoms with van der Waals surface area (Å²) in [5, 5.41) is 0. The van der Waals surface area contributed by atoms with Crippen LogP contribution < -0.4 is 4.90 Å². The van der Waals surface area contributed by atoms with E-state index in [2.05, 4.69) is 4.99 Å². The number of alkyl halides is 3. The first-order valence-electron chi connectivity index (χ1n) is 9.89. The van der Waals surface area contributed by atoms with Crippen LogP contribution in [0.5, 0.6) is 0 Å². The quantitative estimate of drug-likeness (QED) is 0.753. The van der Waals surface area contributed by atoms with Gasteiger partial charge in [0, 0.05) is 43.0 Å². The fraction of sp³-hybridized carbons (Fsp3) is 0.476. The smallest absolute Gasteiger partial charge is 0.378 e. The fourth-order valence-electron chi connectivity index (χ4n) is 4.23. The molecule has 1 atom stereocenters. The van der Waals surface area contributed by atoms with E-state index in [4.69, 9.17) is 4.74 Å². The fourth-order valence-corrected chi connectivity index (χ4v) is 4.23. The van der Waals surface area contributed by atoms with Crippen LogP contribution in [0.15, 0.2) is 35.1 Å². The number of aliphatic imine (C=N–C) groups is 1. The van der Waals surface area contributed by atoms with E-state index in [1.54, 1.807) is 13.0 Å². The lowest BCUT2D eigenvalue weighted by Crippen LogP contribution is -2.38. The molecule has 6 nitrogen and oxygen atoms in total. The van der Waals surface area contributed by atoms with Gasteiger partial charge >= 0.3 is 6.18 Å². The molecule has 3 aliphatic heterocycles. The summed E-state index contributed by atoms with van der Waals surface area (Å²) in [5.41, 5.74) is 0.155. The Morgan fingerprint density at radius 1 is 1.27 bits per heavy atom. The number of ether oxygens (including phenoxy) is 1. The first kappa shape index (κ1) is 20.6. The van der Waals surface area contributed by atoms with Crippen molar-refractivity contribution in [2.75, 3.05) is 31.2 Å². The SMILES string of the molecule is C[C@H]1Cc2c(cccc2C(F)(F)F)N1C(=O)CC1=NC(N2CCOCC2)=CC(=O)C1. The molecule has 1 amide bonds. The highest BCUT2D eigenvalue weighted by Crippen LogP contribution is 2.41. The first-order chi connectivity index (χ1) is 14.2. The van der Waals surface area contributed by atoms with Crippen LogP contribution in [0.25, 0.3) is 0 Å². The average Bonchev–Trinajstić information content (AvgIpc) is 3.03. The van der Waals surface area contributed by atoms with Gasteiger partial charge in [0.15, 0.2) is 5.78 Å². The zero-order chi connectivity index (χ0) is 21.5. The zero-order valence-corrected chi connectivity index (χ0v) is 16.5. The van der Waals surface area contributed by atoms with Crippen molar-refractivity contribution in [2.45, 2.75) is 38.4 Å². The number of benzene rings is 1. The molecule has 1 fully saturated rings. The highest BCUT2D eigenvalue weighted by Gasteiger charge is 2.40. The van der Waals surface area contributed by atoms with Gasteiger partial charge in [-0.15, -0.1) is 0 Å². The van der Waals surface area contributed by atoms with Gasteiger partial charge in [0.05, 0.1) is 25.2 Å². The molecule has 0 bridgehead atoms. The Morgan fingerprint density at radius 2 is 2.00 bits per heavy atom. The monoisotopic (exact) mass is 421 g/mol. The van der Waals surface area contributed by atoms with E-state index < -0.39 is 17.8 Å². The molecule has 1 aromatic rings. The second-order valence-electron chi connectivity index (χ2n) is 7.72. The molecule has 0 radical (unpaired) electrons. The lowest BCUT2D eigenvalue weighted by atomic mass is 10.0. The van der Waals surface area contributed by atoms with E-state index in [1.165, 1.54) is 17.0 Å². The normalized spacial score (nSPS) is 22.0. The Bertz CT molecular complexity index is 933. The minimum absolute atomic E-state index is 0.0389. The molecule has 4 rings (SSSR count). The summed E-state index contributed by atoms with van der Waals surface area (Å²) in [6, 6.07) is 3.51. The number of carbonyl (C=O) groups is 2. The van der Waals surface area contributed by atoms with Crippen LogP contribution in [-0.4, -0.2) is 54.6 Å². The number of morpholine rings is 1. The zero-order valence-electron chi connectivity index (χ0n) is 16.5. The van der Waals surface area contributed by atoms with Crippen molar-refractivity contribution in [1.29, 1.82) is 0 Å². The topological polar surface area (TPSA) is 62.2 Å². The van der Waals surface area contributed by atoms with Gasteiger partial charge in [0.25, 0.3) is 0 Å². The molecule has 1 saturated heterocycles. The van der Waals surface area contributed by atoms with Gasteiger partial charge in [-0.3, -0.25) is 9.59 Å². The van der Waals surface area contributed by atoms with Crippen LogP contribution in [-0.2, 0) is 26.9 Å². The molecule has 1 aromatic carbocycles. The van der Waals surface area contributed by atoms with E-state index in [1.807, 2.05) is 4.90 Å². The summed E-state index contributed by atoms with van der Waals surface area (Å²) >= 11 is 0. The Labute approximate surface area is 172 Å². The van der Waals surface area contributed by atoms with Crippen molar-refractivity contribution in [3.63, 3.8) is 0 Å². The molecule has 160 valence electrons. The minimum atomic E-state index is -4.47. The second-order valence-corrected chi connectivity index (χ2v) is 7.72. The lowest BCUT2D eigenvalue weighted by Gasteiger charge is -2.30. The van der Waals surface area contributed by atoms with Crippen molar-refractivity contribution in [3.05, 3.63) is 41.2 Å². The highest BCUT2D eigenvalue weighted by atomic mass is 19.4. The number of hydrogen-bond acceptors (Lipinski definition) is 5. The Hall–Kier alpha value is -2.68. The van der Waals surface area contributed by atoms with Crippen LogP contribution in [0.1, 0.15) is 30.9 Å². The van der Waals surface area contributed by atoms with Gasteiger partial charge in [-0.05, 0) is 31.0 Å². The van der Waals surface area contributed by atoms with Crippen molar-refractivity contribution < 1.29 is 27.5 Å². The number of hydrogen-bond donors (Lipinski definition) is 0. The maximum absolute atomic E-state index is 13.4. The van der Waals surface area contributed by atoms with Gasteiger partial charge < -0.3 is 14.5 Å². The van der Waals surface area contributed by atoms with E-state index >= 15 is 0 Å². The summed E-state index contributed by atoms with van der Waals surface area (Å²) in [5.74, 6) is 0.0328. The number of amides is 1. The standard InChI is InChI=1S/C21H22F3N3O3/c1-13-9-16-17(21(22,23)24)3-2-4-18(16)27(13)20(29)11-14-10-15(28)12-19(25-14)26-5-7-30-8-6-26/h2-4,12-13H,5-11H2,1H3/t13-/m0/s1. The average molecular weight is 421 g/mol. The number of fused-ring (bicyclic) bond motifs is 1. The molecule has 0 unspecified atom stereocenters. The molecule has 0 aliphatic carbocycles. The van der Waals surface area contributed by atoms with Gasteiger partial charge in [-0.1, -0.05) is 6.07 Å². The summed E-state index contributed by atoms with van der Waals surface area (Å²) in [6.07, 6.45) is -2.92. The predicted octanol–water partition coefficient (Wildman–Crippen LogP) is 2.96. The van der Waals surface area contributed by atoms with Crippen LogP contribution >= 0.6 is 0 Å². The molecule has 0 N–H and O–H groups in total. The van der Waals surface area contributed by atoms with Gasteiger partial charge in [0.2, 0.25) is 5.91 Å². The maximum Gasteiger partial charge on any atom is 0.416 e. The number of ketones is 1. The molecule has 0 spiro atoms. The molecule has 3 aliphatic rings. The van der Waals surface area contributed by atoms with Gasteiger partial charge in [-0.2, -0.15) is 13.2 Å². The molecule has 3 heterocycles. The molecule has 0 saturated carbocycles. The van der Waals surface area contributed by atoms with Crippen molar-refractivity contribution >= 4 is 23.1 Å². The van der Waals surface area contributed by atoms with E-state index in [0.29, 0.717) is 37.8 Å². The number of halogens is 3. The predicted molar refractivity (Wildman–Crippen MR) is 104 cm³/mol. The number of anilines is 1. The van der Waals surface area contributed by atoms with Crippen molar-refractivity contribution in [1.82, 2.24) is 4.90 Å². The third-order valence-corrected chi connectivity index (χ3v) is 5.56. The van der Waals surface area contributed by atoms with Crippen LogP contribution in [0, 0.1) is 0 Å².